The second-order valence-corrected chi connectivity index (χ2v) is 7.63. The molecule has 0 radical (unpaired) electrons. The Labute approximate surface area is 138 Å². The Balaban J connectivity index is 2.12. The molecule has 1 saturated heterocycles. The van der Waals surface area contributed by atoms with Gasteiger partial charge in [-0.3, -0.25) is 0 Å². The minimum absolute atomic E-state index is 0.256. The predicted octanol–water partition coefficient (Wildman–Crippen LogP) is 4.60. The van der Waals surface area contributed by atoms with Crippen LogP contribution in [0.4, 0.5) is 5.69 Å². The topological polar surface area (TPSA) is 29.3 Å². The fourth-order valence-electron chi connectivity index (χ4n) is 3.26. The SMILES string of the molecule is CCC(N)Cc1cc(Br)ccc1N1CCC(C(C)C)CC1. The summed E-state index contributed by atoms with van der Waals surface area (Å²) in [6.07, 6.45) is 4.62. The van der Waals surface area contributed by atoms with Crippen LogP contribution in [0, 0.1) is 11.8 Å². The number of rotatable bonds is 5. The van der Waals surface area contributed by atoms with Gasteiger partial charge in [0.05, 0.1) is 0 Å². The average Bonchev–Trinajstić information content (AvgIpc) is 2.47. The molecule has 0 saturated carbocycles. The number of piperidine rings is 1. The highest BCUT2D eigenvalue weighted by atomic mass is 79.9. The summed E-state index contributed by atoms with van der Waals surface area (Å²) in [4.78, 5) is 2.56. The zero-order valence-corrected chi connectivity index (χ0v) is 15.2. The normalized spacial score (nSPS) is 18.3. The largest absolute Gasteiger partial charge is 0.371 e. The van der Waals surface area contributed by atoms with Crippen molar-refractivity contribution in [1.29, 1.82) is 0 Å². The van der Waals surface area contributed by atoms with Crippen LogP contribution >= 0.6 is 15.9 Å². The molecule has 0 bridgehead atoms. The lowest BCUT2D eigenvalue weighted by molar-refractivity contribution is 0.311. The number of hydrogen-bond acceptors (Lipinski definition) is 2. The summed E-state index contributed by atoms with van der Waals surface area (Å²) in [5.41, 5.74) is 8.96. The molecule has 0 aliphatic carbocycles. The van der Waals surface area contributed by atoms with Crippen molar-refractivity contribution in [3.63, 3.8) is 0 Å². The molecule has 0 spiro atoms. The number of anilines is 1. The standard InChI is InChI=1S/C18H29BrN2/c1-4-17(20)12-15-11-16(19)5-6-18(15)21-9-7-14(8-10-21)13(2)3/h5-6,11,13-14,17H,4,7-10,12,20H2,1-3H3. The van der Waals surface area contributed by atoms with Gasteiger partial charge in [0.1, 0.15) is 0 Å². The van der Waals surface area contributed by atoms with E-state index in [-0.39, 0.29) is 6.04 Å². The summed E-state index contributed by atoms with van der Waals surface area (Å²) in [6.45, 7) is 9.23. The second kappa shape index (κ2) is 7.64. The molecule has 2 nitrogen and oxygen atoms in total. The summed E-state index contributed by atoms with van der Waals surface area (Å²) < 4.78 is 1.15. The molecule has 1 unspecified atom stereocenters. The van der Waals surface area contributed by atoms with Crippen LogP contribution in [-0.4, -0.2) is 19.1 Å². The van der Waals surface area contributed by atoms with Gasteiger partial charge in [-0.15, -0.1) is 0 Å². The van der Waals surface area contributed by atoms with Gasteiger partial charge in [-0.2, -0.15) is 0 Å². The maximum atomic E-state index is 6.18. The Bertz CT molecular complexity index is 451. The summed E-state index contributed by atoms with van der Waals surface area (Å²) in [5, 5.41) is 0. The highest BCUT2D eigenvalue weighted by Gasteiger charge is 2.23. The molecule has 1 aromatic carbocycles. The van der Waals surface area contributed by atoms with Gasteiger partial charge in [0.2, 0.25) is 0 Å². The van der Waals surface area contributed by atoms with Crippen LogP contribution in [0.25, 0.3) is 0 Å². The molecule has 2 rings (SSSR count). The molecular formula is C18H29BrN2. The van der Waals surface area contributed by atoms with Gasteiger partial charge < -0.3 is 10.6 Å². The first kappa shape index (κ1) is 16.8. The molecule has 1 atom stereocenters. The van der Waals surface area contributed by atoms with Gasteiger partial charge in [0.25, 0.3) is 0 Å². The molecule has 1 aliphatic heterocycles. The van der Waals surface area contributed by atoms with Gasteiger partial charge in [0.15, 0.2) is 0 Å². The summed E-state index contributed by atoms with van der Waals surface area (Å²) in [7, 11) is 0. The van der Waals surface area contributed by atoms with E-state index in [1.165, 1.54) is 37.2 Å². The van der Waals surface area contributed by atoms with Gasteiger partial charge in [-0.1, -0.05) is 36.7 Å². The van der Waals surface area contributed by atoms with Crippen molar-refractivity contribution in [3.05, 3.63) is 28.2 Å². The van der Waals surface area contributed by atoms with Crippen LogP contribution in [0.3, 0.4) is 0 Å². The molecule has 3 heteroatoms. The second-order valence-electron chi connectivity index (χ2n) is 6.71. The van der Waals surface area contributed by atoms with Crippen molar-refractivity contribution in [3.8, 4) is 0 Å². The molecular weight excluding hydrogens is 324 g/mol. The molecule has 21 heavy (non-hydrogen) atoms. The Hall–Kier alpha value is -0.540. The van der Waals surface area contributed by atoms with E-state index in [4.69, 9.17) is 5.73 Å². The lowest BCUT2D eigenvalue weighted by Gasteiger charge is -2.36. The third kappa shape index (κ3) is 4.46. The molecule has 1 aliphatic rings. The van der Waals surface area contributed by atoms with Crippen LogP contribution < -0.4 is 10.6 Å². The highest BCUT2D eigenvalue weighted by molar-refractivity contribution is 9.10. The molecule has 0 amide bonds. The molecule has 2 N–H and O–H groups in total. The molecule has 118 valence electrons. The van der Waals surface area contributed by atoms with Crippen LogP contribution in [0.2, 0.25) is 0 Å². The number of benzene rings is 1. The number of halogens is 1. The van der Waals surface area contributed by atoms with Crippen LogP contribution in [0.5, 0.6) is 0 Å². The average molecular weight is 353 g/mol. The van der Waals surface area contributed by atoms with Gasteiger partial charge in [0, 0.05) is 29.3 Å². The van der Waals surface area contributed by atoms with E-state index in [1.807, 2.05) is 0 Å². The molecule has 0 aromatic heterocycles. The highest BCUT2D eigenvalue weighted by Crippen LogP contribution is 2.31. The van der Waals surface area contributed by atoms with Gasteiger partial charge in [-0.25, -0.2) is 0 Å². The Morgan fingerprint density at radius 2 is 1.95 bits per heavy atom. The zero-order valence-electron chi connectivity index (χ0n) is 13.6. The van der Waals surface area contributed by atoms with Crippen LogP contribution in [-0.2, 0) is 6.42 Å². The quantitative estimate of drug-likeness (QED) is 0.838. The van der Waals surface area contributed by atoms with Crippen molar-refractivity contribution in [2.45, 2.75) is 52.5 Å². The maximum Gasteiger partial charge on any atom is 0.0400 e. The first-order valence-corrected chi connectivity index (χ1v) is 9.09. The maximum absolute atomic E-state index is 6.18. The summed E-state index contributed by atoms with van der Waals surface area (Å²) in [5.74, 6) is 1.70. The van der Waals surface area contributed by atoms with Gasteiger partial charge >= 0.3 is 0 Å². The lowest BCUT2D eigenvalue weighted by Crippen LogP contribution is -2.36. The summed E-state index contributed by atoms with van der Waals surface area (Å²) in [6, 6.07) is 6.92. The minimum Gasteiger partial charge on any atom is -0.371 e. The van der Waals surface area contributed by atoms with E-state index < -0.39 is 0 Å². The smallest absolute Gasteiger partial charge is 0.0400 e. The first-order valence-electron chi connectivity index (χ1n) is 8.30. The fraction of sp³-hybridized carbons (Fsp3) is 0.667. The van der Waals surface area contributed by atoms with E-state index in [0.29, 0.717) is 0 Å². The number of hydrogen-bond donors (Lipinski definition) is 1. The monoisotopic (exact) mass is 352 g/mol. The Morgan fingerprint density at radius 3 is 2.52 bits per heavy atom. The zero-order chi connectivity index (χ0) is 15.4. The van der Waals surface area contributed by atoms with E-state index in [2.05, 4.69) is 59.8 Å². The molecule has 1 heterocycles. The Kier molecular flexibility index (Phi) is 6.12. The van der Waals surface area contributed by atoms with E-state index in [9.17, 15) is 0 Å². The third-order valence-corrected chi connectivity index (χ3v) is 5.36. The van der Waals surface area contributed by atoms with Crippen molar-refractivity contribution in [1.82, 2.24) is 0 Å². The predicted molar refractivity (Wildman–Crippen MR) is 95.9 cm³/mol. The van der Waals surface area contributed by atoms with Gasteiger partial charge in [-0.05, 0) is 61.3 Å². The third-order valence-electron chi connectivity index (χ3n) is 4.87. The van der Waals surface area contributed by atoms with Crippen LogP contribution in [0.15, 0.2) is 22.7 Å². The fourth-order valence-corrected chi connectivity index (χ4v) is 3.67. The molecule has 1 fully saturated rings. The van der Waals surface area contributed by atoms with Crippen LogP contribution in [0.1, 0.15) is 45.6 Å². The van der Waals surface area contributed by atoms with Crippen molar-refractivity contribution in [2.75, 3.05) is 18.0 Å². The Morgan fingerprint density at radius 1 is 1.29 bits per heavy atom. The minimum atomic E-state index is 0.256. The number of nitrogens with two attached hydrogens (primary N) is 1. The first-order chi connectivity index (χ1) is 10.0. The van der Waals surface area contributed by atoms with Crippen molar-refractivity contribution in [2.24, 2.45) is 17.6 Å². The summed E-state index contributed by atoms with van der Waals surface area (Å²) >= 11 is 3.60. The van der Waals surface area contributed by atoms with E-state index >= 15 is 0 Å². The van der Waals surface area contributed by atoms with Crippen molar-refractivity contribution < 1.29 is 0 Å². The lowest BCUT2D eigenvalue weighted by atomic mass is 9.86. The number of nitrogens with zero attached hydrogens (tertiary/aromatic N) is 1. The van der Waals surface area contributed by atoms with E-state index in [0.717, 1.165) is 29.2 Å². The van der Waals surface area contributed by atoms with E-state index in [1.54, 1.807) is 0 Å². The molecule has 1 aromatic rings. The van der Waals surface area contributed by atoms with Crippen molar-refractivity contribution >= 4 is 21.6 Å².